The molecule has 5 nitrogen and oxygen atoms in total. The van der Waals surface area contributed by atoms with E-state index in [1.54, 1.807) is 12.1 Å². The second-order valence-electron chi connectivity index (χ2n) is 3.33. The molecule has 0 aliphatic carbocycles. The molecule has 0 saturated heterocycles. The van der Waals surface area contributed by atoms with Crippen LogP contribution in [-0.2, 0) is 4.79 Å². The smallest absolute Gasteiger partial charge is 0.339 e. The number of carboxylic acid groups (broad SMARTS) is 1. The van der Waals surface area contributed by atoms with Gasteiger partial charge in [-0.1, -0.05) is 6.08 Å². The number of carbonyl (C=O) groups excluding carboxylic acids is 1. The van der Waals surface area contributed by atoms with Gasteiger partial charge in [-0.05, 0) is 40.8 Å². The average Bonchev–Trinajstić information content (AvgIpc) is 2.34. The van der Waals surface area contributed by atoms with E-state index < -0.39 is 5.97 Å². The van der Waals surface area contributed by atoms with Crippen LogP contribution < -0.4 is 10.1 Å². The lowest BCUT2D eigenvalue weighted by Crippen LogP contribution is -2.29. The molecule has 1 rings (SSSR count). The Morgan fingerprint density at radius 2 is 2.22 bits per heavy atom. The van der Waals surface area contributed by atoms with Crippen molar-refractivity contribution in [2.45, 2.75) is 0 Å². The number of carboxylic acids is 1. The van der Waals surface area contributed by atoms with Crippen LogP contribution in [0.4, 0.5) is 0 Å². The zero-order valence-corrected chi connectivity index (χ0v) is 11.6. The third kappa shape index (κ3) is 4.36. The Labute approximate surface area is 118 Å². The first-order valence-corrected chi connectivity index (χ1v) is 6.15. The number of amides is 1. The molecular formula is C12H12INO4. The fraction of sp³-hybridized carbons (Fsp3) is 0.167. The number of ether oxygens (including phenoxy) is 1. The summed E-state index contributed by atoms with van der Waals surface area (Å²) in [6.45, 7) is 3.58. The molecule has 1 aromatic carbocycles. The minimum atomic E-state index is -1.09. The molecule has 6 heteroatoms. The van der Waals surface area contributed by atoms with Crippen molar-refractivity contribution in [1.29, 1.82) is 0 Å². The maximum atomic E-state index is 11.3. The highest BCUT2D eigenvalue weighted by atomic mass is 127. The summed E-state index contributed by atoms with van der Waals surface area (Å²) in [5.74, 6) is -1.24. The van der Waals surface area contributed by atoms with Gasteiger partial charge in [0.25, 0.3) is 5.91 Å². The maximum Gasteiger partial charge on any atom is 0.339 e. The van der Waals surface area contributed by atoms with E-state index in [1.165, 1.54) is 12.1 Å². The fourth-order valence-corrected chi connectivity index (χ4v) is 1.67. The summed E-state index contributed by atoms with van der Waals surface area (Å²) in [5.41, 5.74) is 0.0402. The van der Waals surface area contributed by atoms with E-state index in [2.05, 4.69) is 11.9 Å². The molecule has 18 heavy (non-hydrogen) atoms. The van der Waals surface area contributed by atoms with Crippen molar-refractivity contribution < 1.29 is 19.4 Å². The minimum absolute atomic E-state index is 0.0402. The number of halogens is 1. The maximum absolute atomic E-state index is 11.3. The number of nitrogens with one attached hydrogen (secondary N) is 1. The minimum Gasteiger partial charge on any atom is -0.483 e. The van der Waals surface area contributed by atoms with Crippen molar-refractivity contribution in [3.63, 3.8) is 0 Å². The molecule has 0 saturated carbocycles. The van der Waals surface area contributed by atoms with Crippen LogP contribution in [0.15, 0.2) is 30.9 Å². The number of hydrogen-bond acceptors (Lipinski definition) is 3. The Morgan fingerprint density at radius 1 is 1.50 bits per heavy atom. The molecule has 0 aliphatic rings. The molecule has 1 aromatic rings. The Bertz CT molecular complexity index is 473. The first-order valence-electron chi connectivity index (χ1n) is 5.08. The van der Waals surface area contributed by atoms with Crippen molar-refractivity contribution in [3.8, 4) is 5.75 Å². The lowest BCUT2D eigenvalue weighted by atomic mass is 10.2. The van der Waals surface area contributed by atoms with E-state index in [0.717, 1.165) is 3.57 Å². The van der Waals surface area contributed by atoms with Crippen LogP contribution >= 0.6 is 22.6 Å². The second-order valence-corrected chi connectivity index (χ2v) is 4.57. The molecule has 0 aromatic heterocycles. The summed E-state index contributed by atoms with van der Waals surface area (Å²) in [7, 11) is 0. The lowest BCUT2D eigenvalue weighted by Gasteiger charge is -2.09. The number of aromatic carboxylic acids is 1. The summed E-state index contributed by atoms with van der Waals surface area (Å²) in [6, 6.07) is 4.73. The molecule has 0 aliphatic heterocycles. The van der Waals surface area contributed by atoms with E-state index in [9.17, 15) is 9.59 Å². The molecule has 1 amide bonds. The first-order chi connectivity index (χ1) is 8.54. The van der Waals surface area contributed by atoms with Gasteiger partial charge in [-0.3, -0.25) is 4.79 Å². The molecule has 0 radical (unpaired) electrons. The molecule has 0 atom stereocenters. The Morgan fingerprint density at radius 3 is 2.83 bits per heavy atom. The highest BCUT2D eigenvalue weighted by Crippen LogP contribution is 2.21. The zero-order valence-electron chi connectivity index (χ0n) is 9.48. The largest absolute Gasteiger partial charge is 0.483 e. The van der Waals surface area contributed by atoms with E-state index in [4.69, 9.17) is 9.84 Å². The Hall–Kier alpha value is -1.57. The molecule has 0 bridgehead atoms. The van der Waals surface area contributed by atoms with Gasteiger partial charge in [0.2, 0.25) is 0 Å². The second kappa shape index (κ2) is 7.00. The van der Waals surface area contributed by atoms with Gasteiger partial charge in [0, 0.05) is 10.1 Å². The quantitative estimate of drug-likeness (QED) is 0.597. The first kappa shape index (κ1) is 14.5. The standard InChI is InChI=1S/C12H12INO4/c1-2-5-14-11(15)7-18-10-4-3-8(13)6-9(10)12(16)17/h2-4,6H,1,5,7H2,(H,14,15)(H,16,17). The van der Waals surface area contributed by atoms with Crippen LogP contribution in [0.3, 0.4) is 0 Å². The number of benzene rings is 1. The van der Waals surface area contributed by atoms with Crippen LogP contribution in [0, 0.1) is 3.57 Å². The van der Waals surface area contributed by atoms with E-state index in [1.807, 2.05) is 22.6 Å². The number of hydrogen-bond donors (Lipinski definition) is 2. The monoisotopic (exact) mass is 361 g/mol. The normalized spacial score (nSPS) is 9.61. The highest BCUT2D eigenvalue weighted by Gasteiger charge is 2.12. The average molecular weight is 361 g/mol. The summed E-state index contributed by atoms with van der Waals surface area (Å²) in [5, 5.41) is 11.5. The molecule has 0 heterocycles. The summed E-state index contributed by atoms with van der Waals surface area (Å²) >= 11 is 2.01. The highest BCUT2D eigenvalue weighted by molar-refractivity contribution is 14.1. The molecule has 96 valence electrons. The van der Waals surface area contributed by atoms with Gasteiger partial charge in [-0.25, -0.2) is 4.79 Å². The Balaban J connectivity index is 2.69. The van der Waals surface area contributed by atoms with Crippen molar-refractivity contribution in [2.75, 3.05) is 13.2 Å². The number of carbonyl (C=O) groups is 2. The van der Waals surface area contributed by atoms with Crippen LogP contribution in [0.2, 0.25) is 0 Å². The topological polar surface area (TPSA) is 75.6 Å². The molecule has 0 spiro atoms. The van der Waals surface area contributed by atoms with Gasteiger partial charge in [0.05, 0.1) is 0 Å². The van der Waals surface area contributed by atoms with Gasteiger partial charge < -0.3 is 15.2 Å². The van der Waals surface area contributed by atoms with E-state index in [-0.39, 0.29) is 23.8 Å². The molecule has 2 N–H and O–H groups in total. The van der Waals surface area contributed by atoms with Crippen molar-refractivity contribution in [3.05, 3.63) is 40.0 Å². The molecule has 0 fully saturated rings. The van der Waals surface area contributed by atoms with Gasteiger partial charge in [-0.15, -0.1) is 6.58 Å². The molecule has 0 unspecified atom stereocenters. The third-order valence-electron chi connectivity index (χ3n) is 1.97. The lowest BCUT2D eigenvalue weighted by molar-refractivity contribution is -0.122. The van der Waals surface area contributed by atoms with Gasteiger partial charge in [0.15, 0.2) is 6.61 Å². The van der Waals surface area contributed by atoms with Gasteiger partial charge >= 0.3 is 5.97 Å². The predicted octanol–water partition coefficient (Wildman–Crippen LogP) is 1.67. The van der Waals surface area contributed by atoms with Crippen LogP contribution in [0.1, 0.15) is 10.4 Å². The van der Waals surface area contributed by atoms with Crippen LogP contribution in [0.5, 0.6) is 5.75 Å². The van der Waals surface area contributed by atoms with E-state index in [0.29, 0.717) is 6.54 Å². The number of rotatable bonds is 6. The summed E-state index contributed by atoms with van der Waals surface area (Å²) in [6.07, 6.45) is 1.55. The van der Waals surface area contributed by atoms with Gasteiger partial charge in [0.1, 0.15) is 11.3 Å². The molecular weight excluding hydrogens is 349 g/mol. The predicted molar refractivity (Wildman–Crippen MR) is 74.8 cm³/mol. The van der Waals surface area contributed by atoms with Crippen LogP contribution in [-0.4, -0.2) is 30.1 Å². The van der Waals surface area contributed by atoms with Crippen LogP contribution in [0.25, 0.3) is 0 Å². The SMILES string of the molecule is C=CCNC(=O)COc1ccc(I)cc1C(=O)O. The van der Waals surface area contributed by atoms with E-state index >= 15 is 0 Å². The fourth-order valence-electron chi connectivity index (χ4n) is 1.18. The van der Waals surface area contributed by atoms with Crippen molar-refractivity contribution >= 4 is 34.5 Å². The van der Waals surface area contributed by atoms with Crippen molar-refractivity contribution in [2.24, 2.45) is 0 Å². The van der Waals surface area contributed by atoms with Gasteiger partial charge in [-0.2, -0.15) is 0 Å². The zero-order chi connectivity index (χ0) is 13.5. The third-order valence-corrected chi connectivity index (χ3v) is 2.65. The van der Waals surface area contributed by atoms with Crippen molar-refractivity contribution in [1.82, 2.24) is 5.32 Å². The summed E-state index contributed by atoms with van der Waals surface area (Å²) < 4.78 is 5.97. The Kier molecular flexibility index (Phi) is 5.63. The summed E-state index contributed by atoms with van der Waals surface area (Å²) in [4.78, 5) is 22.3.